The largest absolute Gasteiger partial charge is 0.467 e. The standard InChI is InChI=1S/C12H16N2OS/c1-7-4-5-15-12(7)10(13)6-11-14-8(2)9(3)16-11/h4-5,10H,6,13H2,1-3H3. The lowest BCUT2D eigenvalue weighted by Gasteiger charge is -2.07. The van der Waals surface area contributed by atoms with Gasteiger partial charge in [0.15, 0.2) is 0 Å². The highest BCUT2D eigenvalue weighted by Gasteiger charge is 2.15. The van der Waals surface area contributed by atoms with Crippen molar-refractivity contribution >= 4 is 11.3 Å². The van der Waals surface area contributed by atoms with Gasteiger partial charge in [-0.25, -0.2) is 4.98 Å². The second kappa shape index (κ2) is 4.39. The maximum Gasteiger partial charge on any atom is 0.123 e. The van der Waals surface area contributed by atoms with Crippen LogP contribution in [0.3, 0.4) is 0 Å². The molecule has 0 aliphatic rings. The van der Waals surface area contributed by atoms with E-state index < -0.39 is 0 Å². The maximum absolute atomic E-state index is 6.10. The second-order valence-corrected chi connectivity index (χ2v) is 5.32. The van der Waals surface area contributed by atoms with Crippen LogP contribution in [-0.4, -0.2) is 4.98 Å². The minimum Gasteiger partial charge on any atom is -0.467 e. The van der Waals surface area contributed by atoms with Crippen molar-refractivity contribution in [2.75, 3.05) is 0 Å². The van der Waals surface area contributed by atoms with Crippen LogP contribution in [0.2, 0.25) is 0 Å². The van der Waals surface area contributed by atoms with Gasteiger partial charge >= 0.3 is 0 Å². The Bertz CT molecular complexity index is 467. The summed E-state index contributed by atoms with van der Waals surface area (Å²) in [4.78, 5) is 5.75. The van der Waals surface area contributed by atoms with Crippen LogP contribution in [0.4, 0.5) is 0 Å². The van der Waals surface area contributed by atoms with Crippen molar-refractivity contribution in [2.24, 2.45) is 5.73 Å². The van der Waals surface area contributed by atoms with Gasteiger partial charge in [-0.3, -0.25) is 0 Å². The van der Waals surface area contributed by atoms with E-state index in [1.54, 1.807) is 17.6 Å². The Morgan fingerprint density at radius 1 is 1.44 bits per heavy atom. The first-order valence-corrected chi connectivity index (χ1v) is 6.12. The molecule has 3 nitrogen and oxygen atoms in total. The predicted octanol–water partition coefficient (Wildman–Crippen LogP) is 2.90. The van der Waals surface area contributed by atoms with Crippen LogP contribution in [-0.2, 0) is 6.42 Å². The van der Waals surface area contributed by atoms with Crippen LogP contribution in [0.25, 0.3) is 0 Å². The molecule has 0 saturated carbocycles. The molecule has 0 aliphatic carbocycles. The Balaban J connectivity index is 2.13. The fraction of sp³-hybridized carbons (Fsp3) is 0.417. The third kappa shape index (κ3) is 2.18. The molecule has 16 heavy (non-hydrogen) atoms. The van der Waals surface area contributed by atoms with Crippen molar-refractivity contribution in [3.63, 3.8) is 0 Å². The highest BCUT2D eigenvalue weighted by molar-refractivity contribution is 7.11. The van der Waals surface area contributed by atoms with Gasteiger partial charge in [-0.15, -0.1) is 11.3 Å². The van der Waals surface area contributed by atoms with Gasteiger partial charge in [0.2, 0.25) is 0 Å². The monoisotopic (exact) mass is 236 g/mol. The fourth-order valence-electron chi connectivity index (χ4n) is 1.67. The summed E-state index contributed by atoms with van der Waals surface area (Å²) < 4.78 is 5.39. The Morgan fingerprint density at radius 3 is 2.69 bits per heavy atom. The normalized spacial score (nSPS) is 13.0. The van der Waals surface area contributed by atoms with Crippen LogP contribution < -0.4 is 5.73 Å². The molecular weight excluding hydrogens is 220 g/mol. The Labute approximate surface area is 99.3 Å². The summed E-state index contributed by atoms with van der Waals surface area (Å²) in [6, 6.07) is 1.84. The van der Waals surface area contributed by atoms with Crippen molar-refractivity contribution in [1.82, 2.24) is 4.98 Å². The predicted molar refractivity (Wildman–Crippen MR) is 65.7 cm³/mol. The minimum absolute atomic E-state index is 0.0973. The van der Waals surface area contributed by atoms with Gasteiger partial charge in [-0.2, -0.15) is 0 Å². The van der Waals surface area contributed by atoms with Crippen LogP contribution in [0.15, 0.2) is 16.7 Å². The van der Waals surface area contributed by atoms with Gasteiger partial charge in [0.25, 0.3) is 0 Å². The number of aromatic nitrogens is 1. The van der Waals surface area contributed by atoms with E-state index in [1.165, 1.54) is 4.88 Å². The minimum atomic E-state index is -0.0973. The first-order chi connectivity index (χ1) is 7.58. The van der Waals surface area contributed by atoms with E-state index in [-0.39, 0.29) is 6.04 Å². The fourth-order valence-corrected chi connectivity index (χ4v) is 2.66. The quantitative estimate of drug-likeness (QED) is 0.891. The van der Waals surface area contributed by atoms with E-state index in [4.69, 9.17) is 10.2 Å². The van der Waals surface area contributed by atoms with Crippen molar-refractivity contribution in [2.45, 2.75) is 33.2 Å². The van der Waals surface area contributed by atoms with Crippen LogP contribution in [0.1, 0.15) is 32.9 Å². The van der Waals surface area contributed by atoms with E-state index in [0.717, 1.165) is 28.4 Å². The number of furan rings is 1. The average Bonchev–Trinajstić information content (AvgIpc) is 2.74. The zero-order valence-corrected chi connectivity index (χ0v) is 10.6. The van der Waals surface area contributed by atoms with Crippen LogP contribution in [0.5, 0.6) is 0 Å². The van der Waals surface area contributed by atoms with Gasteiger partial charge in [-0.1, -0.05) is 0 Å². The molecule has 86 valence electrons. The summed E-state index contributed by atoms with van der Waals surface area (Å²) in [6.07, 6.45) is 2.43. The summed E-state index contributed by atoms with van der Waals surface area (Å²) in [7, 11) is 0. The van der Waals surface area contributed by atoms with Crippen LogP contribution in [0, 0.1) is 20.8 Å². The third-order valence-corrected chi connectivity index (χ3v) is 3.80. The number of rotatable bonds is 3. The molecule has 2 aromatic rings. The first-order valence-electron chi connectivity index (χ1n) is 5.30. The Morgan fingerprint density at radius 2 is 2.19 bits per heavy atom. The Hall–Kier alpha value is -1.13. The van der Waals surface area contributed by atoms with E-state index in [2.05, 4.69) is 11.9 Å². The van der Waals surface area contributed by atoms with Crippen LogP contribution >= 0.6 is 11.3 Å². The van der Waals surface area contributed by atoms with E-state index in [1.807, 2.05) is 19.9 Å². The second-order valence-electron chi connectivity index (χ2n) is 4.03. The number of nitrogens with two attached hydrogens (primary N) is 1. The molecule has 1 unspecified atom stereocenters. The molecule has 0 spiro atoms. The third-order valence-electron chi connectivity index (χ3n) is 2.71. The molecule has 0 saturated heterocycles. The molecule has 2 aromatic heterocycles. The van der Waals surface area contributed by atoms with E-state index >= 15 is 0 Å². The number of thiazole rings is 1. The summed E-state index contributed by atoms with van der Waals surface area (Å²) in [5.74, 6) is 0.866. The number of aryl methyl sites for hydroxylation is 3. The zero-order valence-electron chi connectivity index (χ0n) is 9.78. The van der Waals surface area contributed by atoms with Crippen molar-refractivity contribution in [3.8, 4) is 0 Å². The van der Waals surface area contributed by atoms with E-state index in [9.17, 15) is 0 Å². The van der Waals surface area contributed by atoms with Gasteiger partial charge in [0.1, 0.15) is 5.76 Å². The molecule has 2 heterocycles. The summed E-state index contributed by atoms with van der Waals surface area (Å²) >= 11 is 1.71. The molecule has 0 bridgehead atoms. The molecule has 4 heteroatoms. The lowest BCUT2D eigenvalue weighted by atomic mass is 10.1. The summed E-state index contributed by atoms with van der Waals surface area (Å²) in [5.41, 5.74) is 8.31. The highest BCUT2D eigenvalue weighted by Crippen LogP contribution is 2.24. The van der Waals surface area contributed by atoms with Gasteiger partial charge < -0.3 is 10.2 Å². The van der Waals surface area contributed by atoms with E-state index in [0.29, 0.717) is 0 Å². The lowest BCUT2D eigenvalue weighted by molar-refractivity contribution is 0.461. The smallest absolute Gasteiger partial charge is 0.123 e. The molecule has 1 atom stereocenters. The molecular formula is C12H16N2OS. The van der Waals surface area contributed by atoms with Gasteiger partial charge in [-0.05, 0) is 32.4 Å². The summed E-state index contributed by atoms with van der Waals surface area (Å²) in [6.45, 7) is 6.12. The van der Waals surface area contributed by atoms with Crippen molar-refractivity contribution in [3.05, 3.63) is 39.2 Å². The first kappa shape index (κ1) is 11.4. The van der Waals surface area contributed by atoms with Gasteiger partial charge in [0.05, 0.1) is 23.0 Å². The molecule has 2 rings (SSSR count). The molecule has 0 radical (unpaired) electrons. The number of hydrogen-bond acceptors (Lipinski definition) is 4. The molecule has 0 fully saturated rings. The number of hydrogen-bond donors (Lipinski definition) is 1. The maximum atomic E-state index is 6.10. The van der Waals surface area contributed by atoms with Crippen molar-refractivity contribution in [1.29, 1.82) is 0 Å². The molecule has 0 aliphatic heterocycles. The highest BCUT2D eigenvalue weighted by atomic mass is 32.1. The molecule has 0 amide bonds. The van der Waals surface area contributed by atoms with Crippen molar-refractivity contribution < 1.29 is 4.42 Å². The molecule has 2 N–H and O–H groups in total. The Kier molecular flexibility index (Phi) is 3.12. The SMILES string of the molecule is Cc1ccoc1C(N)Cc1nc(C)c(C)s1. The summed E-state index contributed by atoms with van der Waals surface area (Å²) in [5, 5.41) is 1.08. The molecule has 0 aromatic carbocycles. The topological polar surface area (TPSA) is 52.0 Å². The average molecular weight is 236 g/mol. The van der Waals surface area contributed by atoms with Gasteiger partial charge in [0, 0.05) is 11.3 Å². The lowest BCUT2D eigenvalue weighted by Crippen LogP contribution is -2.13. The number of nitrogens with zero attached hydrogens (tertiary/aromatic N) is 1. The zero-order chi connectivity index (χ0) is 11.7.